The SMILES string of the molecule is CCn1c(C)nc2cc(C(=O)NNC(=S)NCCc3ccc(OC)cc3)ccc21. The van der Waals surface area contributed by atoms with Gasteiger partial charge in [0.15, 0.2) is 5.11 Å². The second-order valence-electron chi connectivity index (χ2n) is 6.54. The predicted octanol–water partition coefficient (Wildman–Crippen LogP) is 2.72. The Balaban J connectivity index is 1.48. The molecule has 3 rings (SSSR count). The zero-order valence-corrected chi connectivity index (χ0v) is 17.6. The molecule has 7 nitrogen and oxygen atoms in total. The average molecular weight is 412 g/mol. The van der Waals surface area contributed by atoms with Crippen LogP contribution in [-0.4, -0.2) is 34.2 Å². The van der Waals surface area contributed by atoms with E-state index < -0.39 is 0 Å². The lowest BCUT2D eigenvalue weighted by atomic mass is 10.1. The van der Waals surface area contributed by atoms with Gasteiger partial charge in [0.1, 0.15) is 11.6 Å². The number of rotatable bonds is 6. The van der Waals surface area contributed by atoms with Crippen molar-refractivity contribution in [3.05, 3.63) is 59.4 Å². The van der Waals surface area contributed by atoms with Gasteiger partial charge in [-0.05, 0) is 68.4 Å². The number of imidazole rings is 1. The zero-order valence-electron chi connectivity index (χ0n) is 16.8. The molecule has 3 aromatic rings. The second kappa shape index (κ2) is 9.38. The standard InChI is InChI=1S/C21H25N5O2S/c1-4-26-14(2)23-18-13-16(7-10-19(18)26)20(27)24-25-21(29)22-12-11-15-5-8-17(28-3)9-6-15/h5-10,13H,4,11-12H2,1-3H3,(H,24,27)(H2,22,25,29). The summed E-state index contributed by atoms with van der Waals surface area (Å²) in [5.41, 5.74) is 8.86. The zero-order chi connectivity index (χ0) is 20.8. The highest BCUT2D eigenvalue weighted by molar-refractivity contribution is 7.80. The van der Waals surface area contributed by atoms with E-state index in [1.807, 2.05) is 37.3 Å². The Labute approximate surface area is 175 Å². The van der Waals surface area contributed by atoms with Crippen molar-refractivity contribution in [3.63, 3.8) is 0 Å². The van der Waals surface area contributed by atoms with Crippen LogP contribution < -0.4 is 20.9 Å². The molecule has 0 aliphatic rings. The lowest BCUT2D eigenvalue weighted by Gasteiger charge is -2.12. The Hall–Kier alpha value is -3.13. The molecular weight excluding hydrogens is 386 g/mol. The van der Waals surface area contributed by atoms with Crippen molar-refractivity contribution in [2.24, 2.45) is 0 Å². The number of nitrogens with zero attached hydrogens (tertiary/aromatic N) is 2. The Morgan fingerprint density at radius 2 is 1.93 bits per heavy atom. The van der Waals surface area contributed by atoms with E-state index in [1.54, 1.807) is 19.2 Å². The van der Waals surface area contributed by atoms with Crippen LogP contribution in [0.3, 0.4) is 0 Å². The van der Waals surface area contributed by atoms with Crippen molar-refractivity contribution in [1.29, 1.82) is 0 Å². The lowest BCUT2D eigenvalue weighted by molar-refractivity contribution is 0.0944. The van der Waals surface area contributed by atoms with Crippen LogP contribution in [0.1, 0.15) is 28.7 Å². The number of hydrogen-bond donors (Lipinski definition) is 3. The number of nitrogens with one attached hydrogen (secondary N) is 3. The summed E-state index contributed by atoms with van der Waals surface area (Å²) < 4.78 is 7.26. The van der Waals surface area contributed by atoms with Crippen molar-refractivity contribution in [2.75, 3.05) is 13.7 Å². The topological polar surface area (TPSA) is 80.2 Å². The van der Waals surface area contributed by atoms with Crippen LogP contribution in [0.2, 0.25) is 0 Å². The van der Waals surface area contributed by atoms with Crippen LogP contribution in [0.4, 0.5) is 0 Å². The number of benzene rings is 2. The quantitative estimate of drug-likeness (QED) is 0.428. The van der Waals surface area contributed by atoms with Crippen molar-refractivity contribution < 1.29 is 9.53 Å². The fourth-order valence-electron chi connectivity index (χ4n) is 3.13. The summed E-state index contributed by atoms with van der Waals surface area (Å²) in [4.78, 5) is 16.9. The van der Waals surface area contributed by atoms with Gasteiger partial charge in [0.2, 0.25) is 0 Å². The molecule has 0 saturated heterocycles. The number of thiocarbonyl (C=S) groups is 1. The van der Waals surface area contributed by atoms with Crippen LogP contribution in [0.15, 0.2) is 42.5 Å². The van der Waals surface area contributed by atoms with Gasteiger partial charge in [-0.25, -0.2) is 4.98 Å². The van der Waals surface area contributed by atoms with Gasteiger partial charge >= 0.3 is 0 Å². The first-order valence-corrected chi connectivity index (χ1v) is 9.86. The van der Waals surface area contributed by atoms with Gasteiger partial charge in [-0.2, -0.15) is 0 Å². The first kappa shape index (κ1) is 20.6. The molecule has 2 aromatic carbocycles. The molecule has 1 amide bonds. The van der Waals surface area contributed by atoms with E-state index >= 15 is 0 Å². The van der Waals surface area contributed by atoms with Crippen molar-refractivity contribution in [1.82, 2.24) is 25.7 Å². The fraction of sp³-hybridized carbons (Fsp3) is 0.286. The molecule has 1 heterocycles. The smallest absolute Gasteiger partial charge is 0.269 e. The highest BCUT2D eigenvalue weighted by Crippen LogP contribution is 2.17. The molecule has 0 bridgehead atoms. The van der Waals surface area contributed by atoms with E-state index in [9.17, 15) is 4.79 Å². The van der Waals surface area contributed by atoms with Gasteiger partial charge in [-0.1, -0.05) is 12.1 Å². The number of fused-ring (bicyclic) bond motifs is 1. The number of amides is 1. The van der Waals surface area contributed by atoms with Crippen LogP contribution in [0.25, 0.3) is 11.0 Å². The summed E-state index contributed by atoms with van der Waals surface area (Å²) in [7, 11) is 1.64. The summed E-state index contributed by atoms with van der Waals surface area (Å²) in [5.74, 6) is 1.49. The van der Waals surface area contributed by atoms with E-state index in [0.717, 1.165) is 35.6 Å². The van der Waals surface area contributed by atoms with Gasteiger partial charge < -0.3 is 14.6 Å². The highest BCUT2D eigenvalue weighted by Gasteiger charge is 2.11. The molecular formula is C21H25N5O2S. The molecule has 0 radical (unpaired) electrons. The van der Waals surface area contributed by atoms with E-state index in [0.29, 0.717) is 17.2 Å². The number of aryl methyl sites for hydroxylation is 2. The van der Waals surface area contributed by atoms with E-state index in [2.05, 4.69) is 32.6 Å². The Bertz CT molecular complexity index is 1010. The van der Waals surface area contributed by atoms with E-state index in [1.165, 1.54) is 5.56 Å². The summed E-state index contributed by atoms with van der Waals surface area (Å²) in [6.45, 7) is 5.52. The summed E-state index contributed by atoms with van der Waals surface area (Å²) in [6.07, 6.45) is 0.801. The van der Waals surface area contributed by atoms with Crippen LogP contribution in [0, 0.1) is 6.92 Å². The lowest BCUT2D eigenvalue weighted by Crippen LogP contribution is -2.47. The van der Waals surface area contributed by atoms with E-state index in [4.69, 9.17) is 17.0 Å². The summed E-state index contributed by atoms with van der Waals surface area (Å²) in [5, 5.41) is 3.43. The van der Waals surface area contributed by atoms with Gasteiger partial charge in [-0.15, -0.1) is 0 Å². The molecule has 29 heavy (non-hydrogen) atoms. The Morgan fingerprint density at radius 1 is 1.17 bits per heavy atom. The molecule has 8 heteroatoms. The number of hydrogen-bond acceptors (Lipinski definition) is 4. The third kappa shape index (κ3) is 5.03. The predicted molar refractivity (Wildman–Crippen MR) is 118 cm³/mol. The van der Waals surface area contributed by atoms with Crippen molar-refractivity contribution in [3.8, 4) is 5.75 Å². The number of carbonyl (C=O) groups excluding carboxylic acids is 1. The normalized spacial score (nSPS) is 10.6. The maximum absolute atomic E-state index is 12.4. The minimum Gasteiger partial charge on any atom is -0.497 e. The van der Waals surface area contributed by atoms with Crippen molar-refractivity contribution in [2.45, 2.75) is 26.8 Å². The first-order chi connectivity index (χ1) is 14.0. The van der Waals surface area contributed by atoms with Crippen LogP contribution in [-0.2, 0) is 13.0 Å². The summed E-state index contributed by atoms with van der Waals surface area (Å²) >= 11 is 5.22. The fourth-order valence-corrected chi connectivity index (χ4v) is 3.29. The summed E-state index contributed by atoms with van der Waals surface area (Å²) in [6, 6.07) is 13.4. The molecule has 0 atom stereocenters. The minimum atomic E-state index is -0.269. The second-order valence-corrected chi connectivity index (χ2v) is 6.95. The maximum atomic E-state index is 12.4. The van der Waals surface area contributed by atoms with Gasteiger partial charge in [0, 0.05) is 18.7 Å². The van der Waals surface area contributed by atoms with Crippen LogP contribution >= 0.6 is 12.2 Å². The van der Waals surface area contributed by atoms with Gasteiger partial charge in [-0.3, -0.25) is 15.6 Å². The van der Waals surface area contributed by atoms with E-state index in [-0.39, 0.29) is 5.91 Å². The molecule has 3 N–H and O–H groups in total. The highest BCUT2D eigenvalue weighted by atomic mass is 32.1. The maximum Gasteiger partial charge on any atom is 0.269 e. The molecule has 0 saturated carbocycles. The molecule has 0 unspecified atom stereocenters. The third-order valence-electron chi connectivity index (χ3n) is 4.67. The minimum absolute atomic E-state index is 0.269. The number of methoxy groups -OCH3 is 1. The number of ether oxygens (including phenoxy) is 1. The molecule has 1 aromatic heterocycles. The number of hydrazine groups is 1. The average Bonchev–Trinajstić information content (AvgIpc) is 3.06. The monoisotopic (exact) mass is 411 g/mol. The Kier molecular flexibility index (Phi) is 6.66. The number of aromatic nitrogens is 2. The van der Waals surface area contributed by atoms with Crippen LogP contribution in [0.5, 0.6) is 5.75 Å². The van der Waals surface area contributed by atoms with Gasteiger partial charge in [0.05, 0.1) is 18.1 Å². The molecule has 0 aliphatic carbocycles. The van der Waals surface area contributed by atoms with Gasteiger partial charge in [0.25, 0.3) is 5.91 Å². The molecule has 0 spiro atoms. The first-order valence-electron chi connectivity index (χ1n) is 9.45. The molecule has 0 aliphatic heterocycles. The van der Waals surface area contributed by atoms with Crippen molar-refractivity contribution >= 4 is 34.3 Å². The Morgan fingerprint density at radius 3 is 2.62 bits per heavy atom. The third-order valence-corrected chi connectivity index (χ3v) is 4.91. The molecule has 0 fully saturated rings. The largest absolute Gasteiger partial charge is 0.497 e. The molecule has 152 valence electrons. The number of carbonyl (C=O) groups is 1.